The number of carboxylic acids is 1. The Balaban J connectivity index is 2.54. The Morgan fingerprint density at radius 2 is 2.25 bits per heavy atom. The molecule has 1 atom stereocenters. The van der Waals surface area contributed by atoms with Gasteiger partial charge in [-0.2, -0.15) is 11.8 Å². The maximum atomic E-state index is 10.8. The zero-order valence-electron chi connectivity index (χ0n) is 9.22. The lowest BCUT2D eigenvalue weighted by Crippen LogP contribution is -2.01. The first kappa shape index (κ1) is 13.1. The molecular weight excluding hydrogens is 224 g/mol. The predicted molar refractivity (Wildman–Crippen MR) is 65.9 cm³/mol. The van der Waals surface area contributed by atoms with Gasteiger partial charge in [0.15, 0.2) is 0 Å². The highest BCUT2D eigenvalue weighted by Crippen LogP contribution is 2.20. The molecule has 16 heavy (non-hydrogen) atoms. The van der Waals surface area contributed by atoms with Crippen LogP contribution in [0.5, 0.6) is 0 Å². The summed E-state index contributed by atoms with van der Waals surface area (Å²) >= 11 is 1.72. The van der Waals surface area contributed by atoms with Gasteiger partial charge in [0.2, 0.25) is 0 Å². The first-order valence-corrected chi connectivity index (χ1v) is 6.23. The van der Waals surface area contributed by atoms with Gasteiger partial charge < -0.3 is 10.2 Å². The van der Waals surface area contributed by atoms with Crippen molar-refractivity contribution in [2.24, 2.45) is 0 Å². The second-order valence-corrected chi connectivity index (χ2v) is 5.07. The molecule has 0 aliphatic heterocycles. The van der Waals surface area contributed by atoms with E-state index in [2.05, 4.69) is 6.92 Å². The van der Waals surface area contributed by atoms with Crippen molar-refractivity contribution in [3.63, 3.8) is 0 Å². The fourth-order valence-corrected chi connectivity index (χ4v) is 2.23. The van der Waals surface area contributed by atoms with Crippen molar-refractivity contribution < 1.29 is 15.0 Å². The molecule has 0 saturated carbocycles. The van der Waals surface area contributed by atoms with E-state index in [-0.39, 0.29) is 6.61 Å². The first-order chi connectivity index (χ1) is 7.63. The number of thioether (sulfide) groups is 1. The molecule has 1 rings (SSSR count). The molecule has 2 N–H and O–H groups in total. The van der Waals surface area contributed by atoms with E-state index in [0.29, 0.717) is 10.8 Å². The predicted octanol–water partition coefficient (Wildman–Crippen LogP) is 2.39. The molecular formula is C12H16O3S. The molecule has 1 unspecified atom stereocenters. The smallest absolute Gasteiger partial charge is 0.335 e. The fourth-order valence-electron chi connectivity index (χ4n) is 1.30. The van der Waals surface area contributed by atoms with E-state index in [0.717, 1.165) is 17.7 Å². The van der Waals surface area contributed by atoms with Crippen LogP contribution in [0.15, 0.2) is 24.3 Å². The van der Waals surface area contributed by atoms with Crippen LogP contribution in [-0.4, -0.2) is 28.0 Å². The SMILES string of the molecule is CC(CCO)SCc1cccc(C(=O)O)c1. The Kier molecular flexibility index (Phi) is 5.35. The molecule has 0 fully saturated rings. The largest absolute Gasteiger partial charge is 0.478 e. The molecule has 0 aliphatic rings. The molecule has 3 nitrogen and oxygen atoms in total. The molecule has 0 aromatic heterocycles. The van der Waals surface area contributed by atoms with E-state index in [4.69, 9.17) is 10.2 Å². The quantitative estimate of drug-likeness (QED) is 0.801. The molecule has 0 saturated heterocycles. The minimum atomic E-state index is -0.893. The highest BCUT2D eigenvalue weighted by molar-refractivity contribution is 7.99. The number of aliphatic hydroxyl groups excluding tert-OH is 1. The summed E-state index contributed by atoms with van der Waals surface area (Å²) in [4.78, 5) is 10.8. The van der Waals surface area contributed by atoms with Crippen molar-refractivity contribution in [2.45, 2.75) is 24.3 Å². The molecule has 4 heteroatoms. The average molecular weight is 240 g/mol. The molecule has 0 spiro atoms. The Morgan fingerprint density at radius 3 is 2.88 bits per heavy atom. The van der Waals surface area contributed by atoms with Gasteiger partial charge in [-0.15, -0.1) is 0 Å². The zero-order chi connectivity index (χ0) is 12.0. The number of hydrogen-bond acceptors (Lipinski definition) is 3. The third kappa shape index (κ3) is 4.24. The highest BCUT2D eigenvalue weighted by Gasteiger charge is 2.05. The van der Waals surface area contributed by atoms with Crippen LogP contribution in [0.1, 0.15) is 29.3 Å². The minimum Gasteiger partial charge on any atom is -0.478 e. The van der Waals surface area contributed by atoms with Crippen molar-refractivity contribution in [1.82, 2.24) is 0 Å². The summed E-state index contributed by atoms with van der Waals surface area (Å²) in [6, 6.07) is 6.97. The minimum absolute atomic E-state index is 0.198. The third-order valence-electron chi connectivity index (χ3n) is 2.24. The maximum absolute atomic E-state index is 10.8. The van der Waals surface area contributed by atoms with Crippen LogP contribution in [0.3, 0.4) is 0 Å². The van der Waals surface area contributed by atoms with E-state index in [1.807, 2.05) is 6.07 Å². The fraction of sp³-hybridized carbons (Fsp3) is 0.417. The summed E-state index contributed by atoms with van der Waals surface area (Å²) in [5.74, 6) is -0.113. The molecule has 0 heterocycles. The van der Waals surface area contributed by atoms with Crippen molar-refractivity contribution in [3.05, 3.63) is 35.4 Å². The number of aromatic carboxylic acids is 1. The molecule has 0 amide bonds. The third-order valence-corrected chi connectivity index (χ3v) is 3.55. The van der Waals surface area contributed by atoms with Crippen molar-refractivity contribution >= 4 is 17.7 Å². The lowest BCUT2D eigenvalue weighted by molar-refractivity contribution is 0.0697. The van der Waals surface area contributed by atoms with E-state index < -0.39 is 5.97 Å². The van der Waals surface area contributed by atoms with Gasteiger partial charge in [-0.05, 0) is 24.1 Å². The summed E-state index contributed by atoms with van der Waals surface area (Å²) < 4.78 is 0. The van der Waals surface area contributed by atoms with Gasteiger partial charge in [0.1, 0.15) is 0 Å². The van der Waals surface area contributed by atoms with Gasteiger partial charge in [0.25, 0.3) is 0 Å². The van der Waals surface area contributed by atoms with Gasteiger partial charge in [-0.3, -0.25) is 0 Å². The van der Waals surface area contributed by atoms with Gasteiger partial charge in [-0.1, -0.05) is 19.1 Å². The van der Waals surface area contributed by atoms with Gasteiger partial charge in [0, 0.05) is 17.6 Å². The van der Waals surface area contributed by atoms with E-state index >= 15 is 0 Å². The van der Waals surface area contributed by atoms with Crippen LogP contribution in [-0.2, 0) is 5.75 Å². The van der Waals surface area contributed by atoms with Crippen molar-refractivity contribution in [1.29, 1.82) is 0 Å². The molecule has 1 aromatic rings. The second-order valence-electron chi connectivity index (χ2n) is 3.64. The zero-order valence-corrected chi connectivity index (χ0v) is 10.0. The molecule has 0 aliphatic carbocycles. The van der Waals surface area contributed by atoms with Gasteiger partial charge in [0.05, 0.1) is 5.56 Å². The summed E-state index contributed by atoms with van der Waals surface area (Å²) in [6.07, 6.45) is 0.767. The number of carboxylic acid groups (broad SMARTS) is 1. The molecule has 0 radical (unpaired) electrons. The lowest BCUT2D eigenvalue weighted by atomic mass is 10.1. The number of benzene rings is 1. The summed E-state index contributed by atoms with van der Waals surface area (Å²) in [7, 11) is 0. The maximum Gasteiger partial charge on any atom is 0.335 e. The van der Waals surface area contributed by atoms with Crippen LogP contribution >= 0.6 is 11.8 Å². The Morgan fingerprint density at radius 1 is 1.50 bits per heavy atom. The highest BCUT2D eigenvalue weighted by atomic mass is 32.2. The monoisotopic (exact) mass is 240 g/mol. The summed E-state index contributed by atoms with van der Waals surface area (Å²) in [5.41, 5.74) is 1.34. The van der Waals surface area contributed by atoms with Crippen LogP contribution in [0.4, 0.5) is 0 Å². The number of hydrogen-bond donors (Lipinski definition) is 2. The van der Waals surface area contributed by atoms with Crippen LogP contribution in [0.2, 0.25) is 0 Å². The summed E-state index contributed by atoms with van der Waals surface area (Å²) in [6.45, 7) is 2.26. The van der Waals surface area contributed by atoms with E-state index in [1.165, 1.54) is 0 Å². The standard InChI is InChI=1S/C12H16O3S/c1-9(5-6-13)16-8-10-3-2-4-11(7-10)12(14)15/h2-4,7,9,13H,5-6,8H2,1H3,(H,14,15). The Hall–Kier alpha value is -1.00. The normalized spacial score (nSPS) is 12.4. The average Bonchev–Trinajstić information content (AvgIpc) is 2.27. The lowest BCUT2D eigenvalue weighted by Gasteiger charge is -2.09. The van der Waals surface area contributed by atoms with Crippen LogP contribution in [0.25, 0.3) is 0 Å². The van der Waals surface area contributed by atoms with E-state index in [9.17, 15) is 4.79 Å². The Labute approximate surface area is 99.5 Å². The molecule has 1 aromatic carbocycles. The van der Waals surface area contributed by atoms with Crippen LogP contribution in [0, 0.1) is 0 Å². The Bertz CT molecular complexity index is 352. The number of aliphatic hydroxyl groups is 1. The van der Waals surface area contributed by atoms with Crippen molar-refractivity contribution in [3.8, 4) is 0 Å². The topological polar surface area (TPSA) is 57.5 Å². The molecule has 0 bridgehead atoms. The van der Waals surface area contributed by atoms with Crippen molar-refractivity contribution in [2.75, 3.05) is 6.61 Å². The number of rotatable bonds is 6. The summed E-state index contributed by atoms with van der Waals surface area (Å²) in [5, 5.41) is 18.0. The number of carbonyl (C=O) groups is 1. The van der Waals surface area contributed by atoms with Crippen LogP contribution < -0.4 is 0 Å². The molecule has 88 valence electrons. The second kappa shape index (κ2) is 6.55. The van der Waals surface area contributed by atoms with Gasteiger partial charge >= 0.3 is 5.97 Å². The van der Waals surface area contributed by atoms with Gasteiger partial charge in [-0.25, -0.2) is 4.79 Å². The first-order valence-electron chi connectivity index (χ1n) is 5.18. The van der Waals surface area contributed by atoms with E-state index in [1.54, 1.807) is 30.0 Å².